The Bertz CT molecular complexity index is 1040. The van der Waals surface area contributed by atoms with Gasteiger partial charge >= 0.3 is 0 Å². The zero-order valence-electron chi connectivity index (χ0n) is 14.9. The van der Waals surface area contributed by atoms with Crippen LogP contribution < -0.4 is 4.74 Å². The number of aryl methyl sites for hydroxylation is 1. The summed E-state index contributed by atoms with van der Waals surface area (Å²) in [5.74, 6) is 1.15. The molecule has 0 unspecified atom stereocenters. The van der Waals surface area contributed by atoms with Gasteiger partial charge in [0.05, 0.1) is 17.6 Å². The van der Waals surface area contributed by atoms with Gasteiger partial charge in [0.2, 0.25) is 15.9 Å². The number of hydrogen-bond donors (Lipinski definition) is 0. The maximum atomic E-state index is 12.5. The third-order valence-electron chi connectivity index (χ3n) is 3.96. The molecule has 0 saturated heterocycles. The molecule has 7 nitrogen and oxygen atoms in total. The Morgan fingerprint density at radius 3 is 2.42 bits per heavy atom. The van der Waals surface area contributed by atoms with Gasteiger partial charge in [-0.1, -0.05) is 18.2 Å². The molecule has 0 radical (unpaired) electrons. The molecule has 0 fully saturated rings. The first-order chi connectivity index (χ1) is 12.3. The van der Waals surface area contributed by atoms with Crippen molar-refractivity contribution >= 4 is 10.0 Å². The molecule has 0 spiro atoms. The van der Waals surface area contributed by atoms with E-state index >= 15 is 0 Å². The number of sulfonamides is 1. The summed E-state index contributed by atoms with van der Waals surface area (Å²) >= 11 is 0. The van der Waals surface area contributed by atoms with Crippen molar-refractivity contribution in [3.63, 3.8) is 0 Å². The topological polar surface area (TPSA) is 85.5 Å². The largest absolute Gasteiger partial charge is 0.496 e. The van der Waals surface area contributed by atoms with E-state index in [2.05, 4.69) is 10.2 Å². The van der Waals surface area contributed by atoms with Crippen LogP contribution in [0.15, 0.2) is 51.8 Å². The third-order valence-corrected chi connectivity index (χ3v) is 5.91. The minimum atomic E-state index is -3.57. The van der Waals surface area contributed by atoms with Crippen molar-refractivity contribution in [3.05, 3.63) is 48.0 Å². The molecule has 0 aliphatic heterocycles. The lowest BCUT2D eigenvalue weighted by Gasteiger charge is -2.14. The fourth-order valence-corrected chi connectivity index (χ4v) is 3.62. The number of hydrogen-bond acceptors (Lipinski definition) is 6. The van der Waals surface area contributed by atoms with E-state index in [4.69, 9.17) is 9.15 Å². The molecule has 0 aliphatic rings. The number of methoxy groups -OCH3 is 1. The van der Waals surface area contributed by atoms with Crippen LogP contribution in [-0.2, 0) is 10.0 Å². The summed E-state index contributed by atoms with van der Waals surface area (Å²) in [6, 6.07) is 12.3. The molecule has 2 aromatic carbocycles. The molecule has 3 aromatic rings. The second kappa shape index (κ2) is 6.89. The van der Waals surface area contributed by atoms with Gasteiger partial charge in [0, 0.05) is 19.7 Å². The van der Waals surface area contributed by atoms with Crippen LogP contribution in [-0.4, -0.2) is 44.1 Å². The van der Waals surface area contributed by atoms with E-state index in [1.807, 2.05) is 18.2 Å². The molecule has 26 heavy (non-hydrogen) atoms. The molecule has 0 atom stereocenters. The van der Waals surface area contributed by atoms with Crippen LogP contribution in [0.2, 0.25) is 0 Å². The smallest absolute Gasteiger partial charge is 0.251 e. The maximum Gasteiger partial charge on any atom is 0.251 e. The number of benzene rings is 2. The summed E-state index contributed by atoms with van der Waals surface area (Å²) in [5.41, 5.74) is 1.85. The number of nitrogens with zero attached hydrogens (tertiary/aromatic N) is 3. The molecule has 0 aliphatic carbocycles. The normalized spacial score (nSPS) is 11.7. The van der Waals surface area contributed by atoms with E-state index in [0.29, 0.717) is 28.3 Å². The maximum absolute atomic E-state index is 12.5. The second-order valence-corrected chi connectivity index (χ2v) is 8.00. The Morgan fingerprint density at radius 1 is 1.04 bits per heavy atom. The molecule has 0 saturated carbocycles. The summed E-state index contributed by atoms with van der Waals surface area (Å²) in [7, 11) is 0.981. The summed E-state index contributed by atoms with van der Waals surface area (Å²) < 4.78 is 37.2. The van der Waals surface area contributed by atoms with Gasteiger partial charge in [0.25, 0.3) is 5.89 Å². The average molecular weight is 373 g/mol. The van der Waals surface area contributed by atoms with Crippen molar-refractivity contribution in [1.82, 2.24) is 14.5 Å². The highest BCUT2D eigenvalue weighted by Gasteiger charge is 2.22. The monoisotopic (exact) mass is 373 g/mol. The molecule has 0 amide bonds. The number of rotatable bonds is 5. The predicted octanol–water partition coefficient (Wildman–Crippen LogP) is 2.97. The lowest BCUT2D eigenvalue weighted by atomic mass is 10.1. The molecule has 136 valence electrons. The Hall–Kier alpha value is -2.71. The van der Waals surface area contributed by atoms with Crippen LogP contribution in [0, 0.1) is 6.92 Å². The van der Waals surface area contributed by atoms with Crippen LogP contribution in [0.3, 0.4) is 0 Å². The van der Waals surface area contributed by atoms with Gasteiger partial charge in [-0.2, -0.15) is 0 Å². The molecular weight excluding hydrogens is 354 g/mol. The van der Waals surface area contributed by atoms with E-state index in [9.17, 15) is 8.42 Å². The highest BCUT2D eigenvalue weighted by molar-refractivity contribution is 7.89. The number of para-hydroxylation sites is 1. The van der Waals surface area contributed by atoms with Gasteiger partial charge in [-0.05, 0) is 36.8 Å². The van der Waals surface area contributed by atoms with Gasteiger partial charge in [-0.3, -0.25) is 0 Å². The minimum Gasteiger partial charge on any atom is -0.496 e. The number of ether oxygens (including phenoxy) is 1. The predicted molar refractivity (Wildman–Crippen MR) is 97.3 cm³/mol. The molecule has 1 aromatic heterocycles. The lowest BCUT2D eigenvalue weighted by molar-refractivity contribution is 0.414. The summed E-state index contributed by atoms with van der Waals surface area (Å²) in [6.45, 7) is 1.74. The molecule has 0 N–H and O–H groups in total. The zero-order valence-corrected chi connectivity index (χ0v) is 15.7. The van der Waals surface area contributed by atoms with E-state index in [0.717, 1.165) is 0 Å². The van der Waals surface area contributed by atoms with Crippen LogP contribution in [0.4, 0.5) is 0 Å². The van der Waals surface area contributed by atoms with Crippen molar-refractivity contribution in [2.24, 2.45) is 0 Å². The van der Waals surface area contributed by atoms with E-state index in [1.54, 1.807) is 38.3 Å². The van der Waals surface area contributed by atoms with Crippen LogP contribution in [0.25, 0.3) is 22.9 Å². The van der Waals surface area contributed by atoms with Crippen molar-refractivity contribution < 1.29 is 17.6 Å². The van der Waals surface area contributed by atoms with E-state index in [-0.39, 0.29) is 10.8 Å². The molecule has 0 bridgehead atoms. The van der Waals surface area contributed by atoms with Crippen LogP contribution in [0.1, 0.15) is 5.56 Å². The van der Waals surface area contributed by atoms with Crippen LogP contribution in [0.5, 0.6) is 5.75 Å². The summed E-state index contributed by atoms with van der Waals surface area (Å²) in [6.07, 6.45) is 0. The second-order valence-electron chi connectivity index (χ2n) is 5.88. The van der Waals surface area contributed by atoms with Gasteiger partial charge in [0.1, 0.15) is 5.75 Å². The molecule has 8 heteroatoms. The fraction of sp³-hybridized carbons (Fsp3) is 0.222. The Labute approximate surface area is 152 Å². The minimum absolute atomic E-state index is 0.206. The first kappa shape index (κ1) is 18.1. The summed E-state index contributed by atoms with van der Waals surface area (Å²) in [4.78, 5) is 0.206. The Morgan fingerprint density at radius 2 is 1.73 bits per heavy atom. The van der Waals surface area contributed by atoms with Gasteiger partial charge in [-0.25, -0.2) is 12.7 Å². The van der Waals surface area contributed by atoms with Crippen molar-refractivity contribution in [2.45, 2.75) is 11.8 Å². The molecular formula is C18H19N3O4S. The standard InChI is InChI=1S/C18H19N3O4S/c1-12-9-10-13(11-16(12)26(22,23)21(2)3)17-19-20-18(25-17)14-7-5-6-8-15(14)24-4/h5-11H,1-4H3. The SMILES string of the molecule is COc1ccccc1-c1nnc(-c2ccc(C)c(S(=O)(=O)N(C)C)c2)o1. The zero-order chi connectivity index (χ0) is 18.9. The quantitative estimate of drug-likeness (QED) is 0.683. The lowest BCUT2D eigenvalue weighted by Crippen LogP contribution is -2.23. The van der Waals surface area contributed by atoms with Gasteiger partial charge in [0.15, 0.2) is 0 Å². The molecule has 3 rings (SSSR count). The van der Waals surface area contributed by atoms with Gasteiger partial charge in [-0.15, -0.1) is 10.2 Å². The average Bonchev–Trinajstić information content (AvgIpc) is 3.11. The van der Waals surface area contributed by atoms with Crippen molar-refractivity contribution in [1.29, 1.82) is 0 Å². The molecule has 1 heterocycles. The van der Waals surface area contributed by atoms with Crippen molar-refractivity contribution in [3.8, 4) is 28.7 Å². The van der Waals surface area contributed by atoms with Crippen LogP contribution >= 0.6 is 0 Å². The highest BCUT2D eigenvalue weighted by Crippen LogP contribution is 2.31. The first-order valence-corrected chi connectivity index (χ1v) is 9.29. The third kappa shape index (κ3) is 3.21. The van der Waals surface area contributed by atoms with E-state index in [1.165, 1.54) is 18.4 Å². The first-order valence-electron chi connectivity index (χ1n) is 7.85. The Kier molecular flexibility index (Phi) is 4.80. The Balaban J connectivity index is 2.06. The summed E-state index contributed by atoms with van der Waals surface area (Å²) in [5, 5.41) is 8.12. The van der Waals surface area contributed by atoms with Crippen molar-refractivity contribution in [2.75, 3.05) is 21.2 Å². The number of aromatic nitrogens is 2. The van der Waals surface area contributed by atoms with Gasteiger partial charge < -0.3 is 9.15 Å². The fourth-order valence-electron chi connectivity index (χ4n) is 2.48. The van der Waals surface area contributed by atoms with E-state index < -0.39 is 10.0 Å². The highest BCUT2D eigenvalue weighted by atomic mass is 32.2.